The van der Waals surface area contributed by atoms with Gasteiger partial charge in [0.25, 0.3) is 5.56 Å². The number of aromatic nitrogens is 1. The Hall–Kier alpha value is -1.16. The minimum atomic E-state index is -0.0869. The van der Waals surface area contributed by atoms with Crippen molar-refractivity contribution in [3.63, 3.8) is 0 Å². The lowest BCUT2D eigenvalue weighted by atomic mass is 10.1. The van der Waals surface area contributed by atoms with Crippen LogP contribution in [0.2, 0.25) is 0 Å². The molecule has 1 aromatic heterocycles. The second-order valence-corrected chi connectivity index (χ2v) is 4.18. The fourth-order valence-corrected chi connectivity index (χ4v) is 1.77. The highest BCUT2D eigenvalue weighted by Crippen LogP contribution is 2.12. The Labute approximate surface area is 94.9 Å². The van der Waals surface area contributed by atoms with E-state index in [0.29, 0.717) is 18.0 Å². The van der Waals surface area contributed by atoms with Gasteiger partial charge in [-0.1, -0.05) is 26.1 Å². The molecule has 1 heterocycles. The van der Waals surface area contributed by atoms with E-state index in [-0.39, 0.29) is 10.5 Å². The van der Waals surface area contributed by atoms with Crippen LogP contribution in [0.5, 0.6) is 0 Å². The van der Waals surface area contributed by atoms with Crippen LogP contribution in [-0.4, -0.2) is 9.56 Å². The Morgan fingerprint density at radius 3 is 2.53 bits per heavy atom. The van der Waals surface area contributed by atoms with Crippen LogP contribution in [0.25, 0.3) is 0 Å². The van der Waals surface area contributed by atoms with Gasteiger partial charge >= 0.3 is 0 Å². The topological polar surface area (TPSA) is 48.0 Å². The third kappa shape index (κ3) is 2.26. The largest absolute Gasteiger partial charge is 0.389 e. The van der Waals surface area contributed by atoms with E-state index in [1.165, 1.54) is 0 Å². The van der Waals surface area contributed by atoms with E-state index in [0.717, 1.165) is 5.69 Å². The summed E-state index contributed by atoms with van der Waals surface area (Å²) in [5, 5.41) is 0. The molecule has 0 fully saturated rings. The molecule has 0 bridgehead atoms. The van der Waals surface area contributed by atoms with E-state index in [4.69, 9.17) is 18.0 Å². The van der Waals surface area contributed by atoms with Crippen molar-refractivity contribution < 1.29 is 0 Å². The Morgan fingerprint density at radius 1 is 1.53 bits per heavy atom. The Morgan fingerprint density at radius 2 is 2.13 bits per heavy atom. The number of hydrogen-bond donors (Lipinski definition) is 1. The smallest absolute Gasteiger partial charge is 0.260 e. The Bertz CT molecular complexity index is 435. The van der Waals surface area contributed by atoms with Crippen molar-refractivity contribution >= 4 is 17.2 Å². The lowest BCUT2D eigenvalue weighted by Crippen LogP contribution is -2.30. The molecule has 0 aliphatic heterocycles. The quantitative estimate of drug-likeness (QED) is 0.794. The summed E-state index contributed by atoms with van der Waals surface area (Å²) in [7, 11) is 0. The molecule has 0 spiro atoms. The lowest BCUT2D eigenvalue weighted by Gasteiger charge is -2.14. The van der Waals surface area contributed by atoms with Gasteiger partial charge in [-0.15, -0.1) is 0 Å². The summed E-state index contributed by atoms with van der Waals surface area (Å²) >= 11 is 4.83. The number of nitrogens with zero attached hydrogens (tertiary/aromatic N) is 1. The third-order valence-electron chi connectivity index (χ3n) is 2.38. The van der Waals surface area contributed by atoms with Gasteiger partial charge in [0.1, 0.15) is 4.99 Å². The van der Waals surface area contributed by atoms with Crippen molar-refractivity contribution in [3.8, 4) is 0 Å². The molecule has 0 radical (unpaired) electrons. The summed E-state index contributed by atoms with van der Waals surface area (Å²) in [6.07, 6.45) is 0. The monoisotopic (exact) mass is 224 g/mol. The van der Waals surface area contributed by atoms with Gasteiger partial charge in [0.2, 0.25) is 0 Å². The number of pyridine rings is 1. The van der Waals surface area contributed by atoms with E-state index in [9.17, 15) is 4.79 Å². The van der Waals surface area contributed by atoms with Crippen molar-refractivity contribution in [2.75, 3.05) is 0 Å². The summed E-state index contributed by atoms with van der Waals surface area (Å²) in [6, 6.07) is 3.64. The molecular formula is C11H16N2OS. The zero-order valence-electron chi connectivity index (χ0n) is 9.28. The fourth-order valence-electron chi connectivity index (χ4n) is 1.61. The SMILES string of the molecule is CCn1c(C(C)C)ccc(C(N)=S)c1=O. The van der Waals surface area contributed by atoms with Crippen LogP contribution in [-0.2, 0) is 6.54 Å². The molecule has 0 amide bonds. The first-order chi connectivity index (χ1) is 6.99. The Kier molecular flexibility index (Phi) is 3.63. The number of rotatable bonds is 3. The maximum absolute atomic E-state index is 12.0. The molecule has 0 unspecified atom stereocenters. The van der Waals surface area contributed by atoms with Gasteiger partial charge in [0, 0.05) is 12.2 Å². The number of hydrogen-bond acceptors (Lipinski definition) is 2. The van der Waals surface area contributed by atoms with Crippen molar-refractivity contribution in [2.45, 2.75) is 33.2 Å². The second-order valence-electron chi connectivity index (χ2n) is 3.74. The van der Waals surface area contributed by atoms with Crippen LogP contribution < -0.4 is 11.3 Å². The summed E-state index contributed by atoms with van der Waals surface area (Å²) in [5.41, 5.74) is 6.84. The zero-order valence-corrected chi connectivity index (χ0v) is 10.1. The number of nitrogens with two attached hydrogens (primary N) is 1. The fraction of sp³-hybridized carbons (Fsp3) is 0.455. The van der Waals surface area contributed by atoms with Gasteiger partial charge in [-0.3, -0.25) is 4.79 Å². The summed E-state index contributed by atoms with van der Waals surface area (Å²) in [6.45, 7) is 6.70. The molecule has 0 atom stereocenters. The first-order valence-corrected chi connectivity index (χ1v) is 5.43. The highest BCUT2D eigenvalue weighted by atomic mass is 32.1. The average Bonchev–Trinajstić information content (AvgIpc) is 2.16. The molecule has 0 aliphatic carbocycles. The first kappa shape index (κ1) is 11.9. The maximum atomic E-state index is 12.0. The molecule has 2 N–H and O–H groups in total. The van der Waals surface area contributed by atoms with Crippen LogP contribution in [0.4, 0.5) is 0 Å². The summed E-state index contributed by atoms with van der Waals surface area (Å²) < 4.78 is 1.72. The zero-order chi connectivity index (χ0) is 11.6. The molecule has 4 heteroatoms. The van der Waals surface area contributed by atoms with Gasteiger partial charge in [0.05, 0.1) is 5.56 Å². The minimum absolute atomic E-state index is 0.0869. The van der Waals surface area contributed by atoms with E-state index >= 15 is 0 Å². The van der Waals surface area contributed by atoms with Crippen molar-refractivity contribution in [2.24, 2.45) is 5.73 Å². The van der Waals surface area contributed by atoms with Gasteiger partial charge in [-0.05, 0) is 25.0 Å². The van der Waals surface area contributed by atoms with Crippen molar-refractivity contribution in [1.82, 2.24) is 4.57 Å². The standard InChI is InChI=1S/C11H16N2OS/c1-4-13-9(7(2)3)6-5-8(10(12)15)11(13)14/h5-7H,4H2,1-3H3,(H2,12,15). The summed E-state index contributed by atoms with van der Waals surface area (Å²) in [4.78, 5) is 12.1. The summed E-state index contributed by atoms with van der Waals surface area (Å²) in [5.74, 6) is 0.318. The third-order valence-corrected chi connectivity index (χ3v) is 2.60. The highest BCUT2D eigenvalue weighted by Gasteiger charge is 2.11. The van der Waals surface area contributed by atoms with Gasteiger partial charge < -0.3 is 10.3 Å². The molecule has 0 saturated heterocycles. The van der Waals surface area contributed by atoms with Gasteiger partial charge in [-0.25, -0.2) is 0 Å². The van der Waals surface area contributed by atoms with Crippen LogP contribution in [0.3, 0.4) is 0 Å². The van der Waals surface area contributed by atoms with Crippen LogP contribution >= 0.6 is 12.2 Å². The maximum Gasteiger partial charge on any atom is 0.260 e. The first-order valence-electron chi connectivity index (χ1n) is 5.02. The normalized spacial score (nSPS) is 10.7. The van der Waals surface area contributed by atoms with E-state index < -0.39 is 0 Å². The number of thiocarbonyl (C=S) groups is 1. The van der Waals surface area contributed by atoms with E-state index in [1.807, 2.05) is 13.0 Å². The molecule has 82 valence electrons. The molecule has 15 heavy (non-hydrogen) atoms. The molecular weight excluding hydrogens is 208 g/mol. The lowest BCUT2D eigenvalue weighted by molar-refractivity contribution is 0.639. The van der Waals surface area contributed by atoms with Crippen LogP contribution in [0.15, 0.2) is 16.9 Å². The molecule has 1 aromatic rings. The van der Waals surface area contributed by atoms with E-state index in [1.54, 1.807) is 10.6 Å². The van der Waals surface area contributed by atoms with Crippen LogP contribution in [0.1, 0.15) is 37.9 Å². The average molecular weight is 224 g/mol. The predicted molar refractivity (Wildman–Crippen MR) is 66.4 cm³/mol. The molecule has 0 aliphatic rings. The minimum Gasteiger partial charge on any atom is -0.389 e. The van der Waals surface area contributed by atoms with Crippen molar-refractivity contribution in [3.05, 3.63) is 33.7 Å². The molecule has 3 nitrogen and oxygen atoms in total. The highest BCUT2D eigenvalue weighted by molar-refractivity contribution is 7.80. The molecule has 1 rings (SSSR count). The Balaban J connectivity index is 3.46. The van der Waals surface area contributed by atoms with Crippen molar-refractivity contribution in [1.29, 1.82) is 0 Å². The van der Waals surface area contributed by atoms with Gasteiger partial charge in [-0.2, -0.15) is 0 Å². The van der Waals surface area contributed by atoms with Gasteiger partial charge in [0.15, 0.2) is 0 Å². The predicted octanol–water partition coefficient (Wildman–Crippen LogP) is 1.63. The second kappa shape index (κ2) is 4.57. The van der Waals surface area contributed by atoms with Crippen LogP contribution in [0, 0.1) is 0 Å². The molecule has 0 saturated carbocycles. The molecule has 0 aromatic carbocycles. The van der Waals surface area contributed by atoms with E-state index in [2.05, 4.69) is 13.8 Å².